The second-order valence-corrected chi connectivity index (χ2v) is 5.75. The molecule has 2 fully saturated rings. The average molecular weight is 259 g/mol. The van der Waals surface area contributed by atoms with Crippen molar-refractivity contribution in [1.82, 2.24) is 9.88 Å². The topological polar surface area (TPSA) is 59.2 Å². The quantitative estimate of drug-likeness (QED) is 0.883. The van der Waals surface area contributed by atoms with E-state index in [1.807, 2.05) is 12.1 Å². The summed E-state index contributed by atoms with van der Waals surface area (Å²) in [7, 11) is 0. The maximum Gasteiger partial charge on any atom is 0.228 e. The van der Waals surface area contributed by atoms with E-state index >= 15 is 0 Å². The number of rotatable bonds is 2. The van der Waals surface area contributed by atoms with Crippen LogP contribution < -0.4 is 5.73 Å². The van der Waals surface area contributed by atoms with Gasteiger partial charge in [0.05, 0.1) is 18.3 Å². The average Bonchev–Trinajstić information content (AvgIpc) is 2.85. The first-order chi connectivity index (χ1) is 9.24. The van der Waals surface area contributed by atoms with E-state index < -0.39 is 0 Å². The Labute approximate surface area is 114 Å². The lowest BCUT2D eigenvalue weighted by Gasteiger charge is -2.31. The summed E-state index contributed by atoms with van der Waals surface area (Å²) < 4.78 is 0. The molecule has 2 aliphatic rings. The number of nitrogens with zero attached hydrogens (tertiary/aromatic N) is 2. The maximum atomic E-state index is 12.4. The molecule has 1 aromatic rings. The first-order valence-electron chi connectivity index (χ1n) is 7.24. The summed E-state index contributed by atoms with van der Waals surface area (Å²) in [6.07, 6.45) is 8.30. The third-order valence-corrected chi connectivity index (χ3v) is 4.51. The largest absolute Gasteiger partial charge is 0.397 e. The van der Waals surface area contributed by atoms with Gasteiger partial charge in [0, 0.05) is 18.3 Å². The van der Waals surface area contributed by atoms with Crippen LogP contribution in [-0.2, 0) is 11.2 Å². The smallest absolute Gasteiger partial charge is 0.228 e. The van der Waals surface area contributed by atoms with E-state index in [4.69, 9.17) is 5.73 Å². The highest BCUT2D eigenvalue weighted by Gasteiger charge is 2.37. The van der Waals surface area contributed by atoms with Gasteiger partial charge in [0.15, 0.2) is 0 Å². The number of anilines is 1. The molecule has 1 aliphatic heterocycles. The van der Waals surface area contributed by atoms with Crippen molar-refractivity contribution in [1.29, 1.82) is 0 Å². The number of carbonyl (C=O) groups excluding carboxylic acids is 1. The maximum absolute atomic E-state index is 12.4. The molecule has 1 saturated carbocycles. The summed E-state index contributed by atoms with van der Waals surface area (Å²) in [6.45, 7) is 0.934. The van der Waals surface area contributed by atoms with Gasteiger partial charge in [0.25, 0.3) is 0 Å². The van der Waals surface area contributed by atoms with E-state index in [0.29, 0.717) is 18.2 Å². The highest BCUT2D eigenvalue weighted by molar-refractivity contribution is 5.79. The Hall–Kier alpha value is -1.58. The molecule has 2 N–H and O–H groups in total. The Morgan fingerprint density at radius 1 is 1.32 bits per heavy atom. The molecule has 2 atom stereocenters. The number of nitrogen functional groups attached to an aromatic ring is 1. The Morgan fingerprint density at radius 3 is 2.95 bits per heavy atom. The second-order valence-electron chi connectivity index (χ2n) is 5.75. The highest BCUT2D eigenvalue weighted by atomic mass is 16.2. The summed E-state index contributed by atoms with van der Waals surface area (Å²) in [5.41, 5.74) is 7.07. The molecule has 2 unspecified atom stereocenters. The molecular weight excluding hydrogens is 238 g/mol. The number of pyridine rings is 1. The van der Waals surface area contributed by atoms with Crippen molar-refractivity contribution in [2.75, 3.05) is 12.3 Å². The lowest BCUT2D eigenvalue weighted by Crippen LogP contribution is -2.40. The van der Waals surface area contributed by atoms with Gasteiger partial charge in [-0.1, -0.05) is 12.8 Å². The molecule has 1 aliphatic carbocycles. The molecule has 4 heteroatoms. The van der Waals surface area contributed by atoms with Crippen LogP contribution in [0.25, 0.3) is 0 Å². The first kappa shape index (κ1) is 12.5. The van der Waals surface area contributed by atoms with E-state index in [-0.39, 0.29) is 5.91 Å². The van der Waals surface area contributed by atoms with Crippen LogP contribution in [0.1, 0.15) is 37.8 Å². The molecule has 2 heterocycles. The normalized spacial score (nSPS) is 26.2. The fraction of sp³-hybridized carbons (Fsp3) is 0.600. The minimum atomic E-state index is 0.228. The number of carbonyl (C=O) groups is 1. The molecule has 1 saturated heterocycles. The number of hydrogen-bond donors (Lipinski definition) is 1. The van der Waals surface area contributed by atoms with Crippen LogP contribution in [0.2, 0.25) is 0 Å². The van der Waals surface area contributed by atoms with Crippen LogP contribution in [-0.4, -0.2) is 28.4 Å². The van der Waals surface area contributed by atoms with Crippen molar-refractivity contribution in [3.63, 3.8) is 0 Å². The number of aromatic nitrogens is 1. The SMILES string of the molecule is Nc1ccc(CC(=O)N2CCC3CCCCC32)nc1. The van der Waals surface area contributed by atoms with Gasteiger partial charge >= 0.3 is 0 Å². The zero-order valence-electron chi connectivity index (χ0n) is 11.2. The molecule has 1 amide bonds. The van der Waals surface area contributed by atoms with Crippen LogP contribution in [0, 0.1) is 5.92 Å². The molecule has 102 valence electrons. The van der Waals surface area contributed by atoms with Crippen LogP contribution in [0.15, 0.2) is 18.3 Å². The van der Waals surface area contributed by atoms with Gasteiger partial charge in [0.1, 0.15) is 0 Å². The Bertz CT molecular complexity index is 457. The van der Waals surface area contributed by atoms with E-state index in [1.54, 1.807) is 6.20 Å². The zero-order valence-corrected chi connectivity index (χ0v) is 11.2. The summed E-state index contributed by atoms with van der Waals surface area (Å²) in [5, 5.41) is 0. The summed E-state index contributed by atoms with van der Waals surface area (Å²) in [4.78, 5) is 18.7. The Balaban J connectivity index is 1.65. The number of amides is 1. The third-order valence-electron chi connectivity index (χ3n) is 4.51. The van der Waals surface area contributed by atoms with Crippen molar-refractivity contribution < 1.29 is 4.79 Å². The van der Waals surface area contributed by atoms with Gasteiger partial charge < -0.3 is 10.6 Å². The van der Waals surface area contributed by atoms with Crippen molar-refractivity contribution in [2.24, 2.45) is 5.92 Å². The van der Waals surface area contributed by atoms with Crippen LogP contribution in [0.5, 0.6) is 0 Å². The molecule has 0 radical (unpaired) electrons. The molecule has 0 bridgehead atoms. The molecular formula is C15H21N3O. The fourth-order valence-electron chi connectivity index (χ4n) is 3.51. The van der Waals surface area contributed by atoms with Gasteiger partial charge in [-0.05, 0) is 37.3 Å². The predicted molar refractivity (Wildman–Crippen MR) is 74.4 cm³/mol. The van der Waals surface area contributed by atoms with Gasteiger partial charge in [-0.15, -0.1) is 0 Å². The van der Waals surface area contributed by atoms with Crippen molar-refractivity contribution in [2.45, 2.75) is 44.6 Å². The zero-order chi connectivity index (χ0) is 13.2. The fourth-order valence-corrected chi connectivity index (χ4v) is 3.51. The Morgan fingerprint density at radius 2 is 2.16 bits per heavy atom. The summed E-state index contributed by atoms with van der Waals surface area (Å²) >= 11 is 0. The van der Waals surface area contributed by atoms with Crippen molar-refractivity contribution >= 4 is 11.6 Å². The van der Waals surface area contributed by atoms with Crippen molar-refractivity contribution in [3.8, 4) is 0 Å². The van der Waals surface area contributed by atoms with Gasteiger partial charge in [-0.2, -0.15) is 0 Å². The number of nitrogens with two attached hydrogens (primary N) is 1. The molecule has 1 aromatic heterocycles. The first-order valence-corrected chi connectivity index (χ1v) is 7.24. The number of fused-ring (bicyclic) bond motifs is 1. The summed E-state index contributed by atoms with van der Waals surface area (Å²) in [5.74, 6) is 0.976. The minimum absolute atomic E-state index is 0.228. The Kier molecular flexibility index (Phi) is 3.40. The standard InChI is InChI=1S/C15H21N3O/c16-12-5-6-13(17-10-12)9-15(19)18-8-7-11-3-1-2-4-14(11)18/h5-6,10-11,14H,1-4,7-9,16H2. The van der Waals surface area contributed by atoms with E-state index in [1.165, 1.54) is 32.1 Å². The molecule has 4 nitrogen and oxygen atoms in total. The lowest BCUT2D eigenvalue weighted by atomic mass is 9.85. The third kappa shape index (κ3) is 2.57. The van der Waals surface area contributed by atoms with Gasteiger partial charge in [0.2, 0.25) is 5.91 Å². The molecule has 3 rings (SSSR count). The predicted octanol–water partition coefficient (Wildman–Crippen LogP) is 2.00. The van der Waals surface area contributed by atoms with Crippen molar-refractivity contribution in [3.05, 3.63) is 24.0 Å². The minimum Gasteiger partial charge on any atom is -0.397 e. The van der Waals surface area contributed by atoms with E-state index in [2.05, 4.69) is 9.88 Å². The summed E-state index contributed by atoms with van der Waals surface area (Å²) in [6, 6.07) is 4.15. The number of likely N-dealkylation sites (tertiary alicyclic amines) is 1. The van der Waals surface area contributed by atoms with Crippen LogP contribution >= 0.6 is 0 Å². The van der Waals surface area contributed by atoms with Gasteiger partial charge in [-0.3, -0.25) is 9.78 Å². The lowest BCUT2D eigenvalue weighted by molar-refractivity contribution is -0.132. The van der Waals surface area contributed by atoms with E-state index in [0.717, 1.165) is 18.2 Å². The van der Waals surface area contributed by atoms with Crippen LogP contribution in [0.3, 0.4) is 0 Å². The monoisotopic (exact) mass is 259 g/mol. The van der Waals surface area contributed by atoms with Crippen LogP contribution in [0.4, 0.5) is 5.69 Å². The molecule has 19 heavy (non-hydrogen) atoms. The second kappa shape index (κ2) is 5.19. The van der Waals surface area contributed by atoms with Gasteiger partial charge in [-0.25, -0.2) is 0 Å². The van der Waals surface area contributed by atoms with E-state index in [9.17, 15) is 4.79 Å². The number of hydrogen-bond acceptors (Lipinski definition) is 3. The highest BCUT2D eigenvalue weighted by Crippen LogP contribution is 2.36. The molecule has 0 spiro atoms. The molecule has 0 aromatic carbocycles.